The van der Waals surface area contributed by atoms with Crippen LogP contribution in [0.2, 0.25) is 0 Å². The highest BCUT2D eigenvalue weighted by molar-refractivity contribution is 9.10. The van der Waals surface area contributed by atoms with Crippen LogP contribution >= 0.6 is 15.9 Å². The number of nitrogens with one attached hydrogen (secondary N) is 1. The summed E-state index contributed by atoms with van der Waals surface area (Å²) in [4.78, 5) is 0. The van der Waals surface area contributed by atoms with Crippen LogP contribution in [0.3, 0.4) is 0 Å². The maximum absolute atomic E-state index is 5.70. The van der Waals surface area contributed by atoms with Crippen molar-refractivity contribution in [2.24, 2.45) is 12.9 Å². The molecule has 0 aliphatic heterocycles. The van der Waals surface area contributed by atoms with E-state index in [1.807, 2.05) is 18.7 Å². The summed E-state index contributed by atoms with van der Waals surface area (Å²) in [5.41, 5.74) is 7.46. The molecule has 0 saturated heterocycles. The molecule has 3 N–H and O–H groups in total. The third kappa shape index (κ3) is 3.23. The highest BCUT2D eigenvalue weighted by Gasteiger charge is 2.14. The van der Waals surface area contributed by atoms with Crippen molar-refractivity contribution in [2.75, 3.05) is 0 Å². The molecule has 0 fully saturated rings. The van der Waals surface area contributed by atoms with Crippen molar-refractivity contribution >= 4 is 15.9 Å². The number of hydrogen-bond donors (Lipinski definition) is 2. The molecule has 0 aliphatic rings. The van der Waals surface area contributed by atoms with Gasteiger partial charge in [-0.2, -0.15) is 5.10 Å². The van der Waals surface area contributed by atoms with Gasteiger partial charge in [0.15, 0.2) is 0 Å². The summed E-state index contributed by atoms with van der Waals surface area (Å²) in [5, 5.41) is 4.36. The molecule has 0 amide bonds. The van der Waals surface area contributed by atoms with Gasteiger partial charge in [0.05, 0.1) is 11.7 Å². The van der Waals surface area contributed by atoms with E-state index in [2.05, 4.69) is 57.6 Å². The molecule has 1 heterocycles. The molecule has 1 aromatic heterocycles. The molecule has 2 aromatic rings. The van der Waals surface area contributed by atoms with E-state index in [0.29, 0.717) is 0 Å². The van der Waals surface area contributed by atoms with Crippen molar-refractivity contribution in [1.82, 2.24) is 15.2 Å². The molecule has 0 aliphatic carbocycles. The molecule has 0 spiro atoms. The molecule has 1 unspecified atom stereocenters. The normalized spacial score (nSPS) is 12.7. The highest BCUT2D eigenvalue weighted by atomic mass is 79.9. The fourth-order valence-corrected chi connectivity index (χ4v) is 2.56. The number of hydrazine groups is 1. The number of hydrogen-bond acceptors (Lipinski definition) is 3. The number of benzene rings is 1. The van der Waals surface area contributed by atoms with Gasteiger partial charge in [-0.05, 0) is 37.1 Å². The molecule has 0 radical (unpaired) electrons. The first kappa shape index (κ1) is 14.2. The van der Waals surface area contributed by atoms with Crippen LogP contribution in [-0.2, 0) is 13.5 Å². The van der Waals surface area contributed by atoms with Crippen LogP contribution in [0.15, 0.2) is 28.7 Å². The Hall–Kier alpha value is -1.17. The third-order valence-corrected chi connectivity index (χ3v) is 4.17. The van der Waals surface area contributed by atoms with E-state index in [1.54, 1.807) is 0 Å². The molecule has 4 nitrogen and oxygen atoms in total. The van der Waals surface area contributed by atoms with Crippen LogP contribution in [0.4, 0.5) is 0 Å². The Morgan fingerprint density at radius 1 is 1.37 bits per heavy atom. The van der Waals surface area contributed by atoms with Gasteiger partial charge in [0.1, 0.15) is 0 Å². The summed E-state index contributed by atoms with van der Waals surface area (Å²) in [5.74, 6) is 5.70. The van der Waals surface area contributed by atoms with Crippen LogP contribution in [0.1, 0.15) is 28.6 Å². The SMILES string of the molecule is Cc1cc(CC(NN)c2ccc(C)c(Br)c2)n(C)n1. The lowest BCUT2D eigenvalue weighted by molar-refractivity contribution is 0.529. The average Bonchev–Trinajstić information content (AvgIpc) is 2.68. The molecule has 1 atom stereocenters. The van der Waals surface area contributed by atoms with Crippen molar-refractivity contribution < 1.29 is 0 Å². The molecule has 5 heteroatoms. The number of aryl methyl sites for hydroxylation is 3. The van der Waals surface area contributed by atoms with Gasteiger partial charge >= 0.3 is 0 Å². The van der Waals surface area contributed by atoms with Crippen LogP contribution in [0.25, 0.3) is 0 Å². The Bertz CT molecular complexity index is 577. The lowest BCUT2D eigenvalue weighted by Gasteiger charge is -2.17. The van der Waals surface area contributed by atoms with Crippen LogP contribution in [0, 0.1) is 13.8 Å². The Labute approximate surface area is 122 Å². The molecule has 102 valence electrons. The lowest BCUT2D eigenvalue weighted by Crippen LogP contribution is -2.30. The molecule has 1 aromatic carbocycles. The highest BCUT2D eigenvalue weighted by Crippen LogP contribution is 2.24. The lowest BCUT2D eigenvalue weighted by atomic mass is 10.0. The second-order valence-corrected chi connectivity index (χ2v) is 5.69. The van der Waals surface area contributed by atoms with Gasteiger partial charge in [-0.3, -0.25) is 16.0 Å². The van der Waals surface area contributed by atoms with Gasteiger partial charge in [0.25, 0.3) is 0 Å². The number of rotatable bonds is 4. The Balaban J connectivity index is 2.24. The first-order chi connectivity index (χ1) is 9.01. The van der Waals surface area contributed by atoms with E-state index in [4.69, 9.17) is 5.84 Å². The number of nitrogens with zero attached hydrogens (tertiary/aromatic N) is 2. The zero-order valence-corrected chi connectivity index (χ0v) is 13.0. The first-order valence-corrected chi connectivity index (χ1v) is 7.02. The van der Waals surface area contributed by atoms with Crippen molar-refractivity contribution in [2.45, 2.75) is 26.3 Å². The average molecular weight is 323 g/mol. The minimum absolute atomic E-state index is 0.0756. The predicted molar refractivity (Wildman–Crippen MR) is 80.6 cm³/mol. The van der Waals surface area contributed by atoms with E-state index in [1.165, 1.54) is 11.1 Å². The summed E-state index contributed by atoms with van der Waals surface area (Å²) >= 11 is 3.56. The van der Waals surface area contributed by atoms with E-state index >= 15 is 0 Å². The van der Waals surface area contributed by atoms with Crippen molar-refractivity contribution in [3.8, 4) is 0 Å². The van der Waals surface area contributed by atoms with E-state index in [0.717, 1.165) is 22.3 Å². The fourth-order valence-electron chi connectivity index (χ4n) is 2.16. The maximum Gasteiger partial charge on any atom is 0.0596 e. The predicted octanol–water partition coefficient (Wildman–Crippen LogP) is 2.55. The molecular weight excluding hydrogens is 304 g/mol. The van der Waals surface area contributed by atoms with Gasteiger partial charge in [0, 0.05) is 23.6 Å². The standard InChI is InChI=1S/C14H19BrN4/c1-9-4-5-11(7-13(9)15)14(17-16)8-12-6-10(2)18-19(12)3/h4-7,14,17H,8,16H2,1-3H3. The Kier molecular flexibility index (Phi) is 4.39. The first-order valence-electron chi connectivity index (χ1n) is 6.23. The number of nitrogens with two attached hydrogens (primary N) is 1. The van der Waals surface area contributed by atoms with E-state index in [-0.39, 0.29) is 6.04 Å². The van der Waals surface area contributed by atoms with Crippen molar-refractivity contribution in [3.05, 3.63) is 51.3 Å². The van der Waals surface area contributed by atoms with E-state index in [9.17, 15) is 0 Å². The zero-order chi connectivity index (χ0) is 14.0. The van der Waals surface area contributed by atoms with Crippen LogP contribution in [-0.4, -0.2) is 9.78 Å². The molecular formula is C14H19BrN4. The van der Waals surface area contributed by atoms with Gasteiger partial charge < -0.3 is 0 Å². The fraction of sp³-hybridized carbons (Fsp3) is 0.357. The summed E-state index contributed by atoms with van der Waals surface area (Å²) in [6.45, 7) is 4.07. The summed E-state index contributed by atoms with van der Waals surface area (Å²) < 4.78 is 3.01. The van der Waals surface area contributed by atoms with Crippen molar-refractivity contribution in [3.63, 3.8) is 0 Å². The number of halogens is 1. The molecule has 19 heavy (non-hydrogen) atoms. The summed E-state index contributed by atoms with van der Waals surface area (Å²) in [6, 6.07) is 8.48. The van der Waals surface area contributed by atoms with Gasteiger partial charge in [-0.1, -0.05) is 28.1 Å². The second kappa shape index (κ2) is 5.86. The van der Waals surface area contributed by atoms with E-state index < -0.39 is 0 Å². The summed E-state index contributed by atoms with van der Waals surface area (Å²) in [7, 11) is 1.96. The smallest absolute Gasteiger partial charge is 0.0596 e. The van der Waals surface area contributed by atoms with Gasteiger partial charge in [0.2, 0.25) is 0 Å². The maximum atomic E-state index is 5.70. The number of aromatic nitrogens is 2. The van der Waals surface area contributed by atoms with Crippen LogP contribution < -0.4 is 11.3 Å². The third-order valence-electron chi connectivity index (χ3n) is 3.31. The van der Waals surface area contributed by atoms with Gasteiger partial charge in [-0.15, -0.1) is 0 Å². The topological polar surface area (TPSA) is 55.9 Å². The largest absolute Gasteiger partial charge is 0.272 e. The van der Waals surface area contributed by atoms with Gasteiger partial charge in [-0.25, -0.2) is 0 Å². The zero-order valence-electron chi connectivity index (χ0n) is 11.4. The summed E-state index contributed by atoms with van der Waals surface area (Å²) in [6.07, 6.45) is 0.809. The monoisotopic (exact) mass is 322 g/mol. The minimum atomic E-state index is 0.0756. The van der Waals surface area contributed by atoms with Crippen LogP contribution in [0.5, 0.6) is 0 Å². The minimum Gasteiger partial charge on any atom is -0.272 e. The molecule has 0 bridgehead atoms. The van der Waals surface area contributed by atoms with Crippen molar-refractivity contribution in [1.29, 1.82) is 0 Å². The Morgan fingerprint density at radius 2 is 2.11 bits per heavy atom. The quantitative estimate of drug-likeness (QED) is 0.672. The Morgan fingerprint density at radius 3 is 2.63 bits per heavy atom. The second-order valence-electron chi connectivity index (χ2n) is 4.83. The molecule has 0 saturated carbocycles. The molecule has 2 rings (SSSR count).